The molecule has 0 radical (unpaired) electrons. The minimum atomic E-state index is -4.41. The average molecular weight is 366 g/mol. The van der Waals surface area contributed by atoms with Crippen molar-refractivity contribution in [3.05, 3.63) is 29.8 Å². The summed E-state index contributed by atoms with van der Waals surface area (Å²) in [5, 5.41) is 0. The molecular weight excluding hydrogens is 344 g/mol. The number of rotatable bonds is 11. The maximum absolute atomic E-state index is 12.7. The van der Waals surface area contributed by atoms with Gasteiger partial charge in [0.05, 0.1) is 18.8 Å². The number of hydrogen-bond acceptors (Lipinski definition) is 6. The highest BCUT2D eigenvalue weighted by Gasteiger charge is 2.31. The lowest BCUT2D eigenvalue weighted by Gasteiger charge is -2.21. The Hall–Kier alpha value is -1.17. The topological polar surface area (TPSA) is 55.4 Å². The molecule has 0 spiro atoms. The van der Waals surface area contributed by atoms with E-state index in [4.69, 9.17) is 28.3 Å². The van der Waals surface area contributed by atoms with E-state index in [0.717, 1.165) is 12.1 Å². The first-order chi connectivity index (χ1) is 11.8. The SMILES string of the molecule is COC(COB(OCC(OC)OC)c1ccc(C(F)(F)F)cc1)OC. The van der Waals surface area contributed by atoms with E-state index in [9.17, 15) is 13.2 Å². The van der Waals surface area contributed by atoms with Crippen LogP contribution in [0.25, 0.3) is 0 Å². The molecule has 0 heterocycles. The monoisotopic (exact) mass is 366 g/mol. The molecule has 0 bridgehead atoms. The highest BCUT2D eigenvalue weighted by atomic mass is 19.4. The number of ether oxygens (including phenoxy) is 4. The fourth-order valence-electron chi connectivity index (χ4n) is 1.87. The van der Waals surface area contributed by atoms with Crippen molar-refractivity contribution in [1.29, 1.82) is 0 Å². The second kappa shape index (κ2) is 10.7. The Morgan fingerprint density at radius 3 is 1.52 bits per heavy atom. The van der Waals surface area contributed by atoms with Crippen molar-refractivity contribution in [3.8, 4) is 0 Å². The van der Waals surface area contributed by atoms with Gasteiger partial charge in [0.2, 0.25) is 0 Å². The van der Waals surface area contributed by atoms with E-state index in [1.54, 1.807) is 0 Å². The molecule has 6 nitrogen and oxygen atoms in total. The van der Waals surface area contributed by atoms with Crippen LogP contribution in [0.15, 0.2) is 24.3 Å². The lowest BCUT2D eigenvalue weighted by molar-refractivity contribution is -0.137. The van der Waals surface area contributed by atoms with Crippen LogP contribution in [-0.2, 0) is 34.4 Å². The van der Waals surface area contributed by atoms with E-state index in [-0.39, 0.29) is 13.2 Å². The minimum Gasteiger partial charge on any atom is -0.402 e. The standard InChI is InChI=1S/C15H22BF3O6/c1-20-13(21-2)9-24-16(25-10-14(22-3)23-4)12-7-5-11(6-8-12)15(17,18)19/h5-8,13-14H,9-10H2,1-4H3. The van der Waals surface area contributed by atoms with Gasteiger partial charge in [0.15, 0.2) is 12.6 Å². The molecule has 10 heteroatoms. The van der Waals surface area contributed by atoms with Crippen LogP contribution in [0.1, 0.15) is 5.56 Å². The fourth-order valence-corrected chi connectivity index (χ4v) is 1.87. The maximum Gasteiger partial charge on any atom is 0.494 e. The zero-order chi connectivity index (χ0) is 18.9. The van der Waals surface area contributed by atoms with Crippen LogP contribution >= 0.6 is 0 Å². The smallest absolute Gasteiger partial charge is 0.402 e. The third-order valence-corrected chi connectivity index (χ3v) is 3.33. The Kier molecular flexibility index (Phi) is 9.40. The van der Waals surface area contributed by atoms with Crippen LogP contribution in [-0.4, -0.2) is 61.4 Å². The second-order valence-corrected chi connectivity index (χ2v) is 4.92. The van der Waals surface area contributed by atoms with Crippen LogP contribution in [0.4, 0.5) is 13.2 Å². The predicted molar refractivity (Wildman–Crippen MR) is 84.3 cm³/mol. The zero-order valence-electron chi connectivity index (χ0n) is 14.5. The lowest BCUT2D eigenvalue weighted by atomic mass is 9.78. The van der Waals surface area contributed by atoms with Crippen molar-refractivity contribution >= 4 is 12.6 Å². The molecular formula is C15H22BF3O6. The lowest BCUT2D eigenvalue weighted by Crippen LogP contribution is -2.41. The van der Waals surface area contributed by atoms with Gasteiger partial charge in [-0.3, -0.25) is 0 Å². The Morgan fingerprint density at radius 1 is 0.800 bits per heavy atom. The summed E-state index contributed by atoms with van der Waals surface area (Å²) in [6, 6.07) is 4.50. The van der Waals surface area contributed by atoms with Crippen molar-refractivity contribution in [1.82, 2.24) is 0 Å². The van der Waals surface area contributed by atoms with Gasteiger partial charge in [0.1, 0.15) is 0 Å². The van der Waals surface area contributed by atoms with Gasteiger partial charge < -0.3 is 28.3 Å². The predicted octanol–water partition coefficient (Wildman–Crippen LogP) is 1.67. The van der Waals surface area contributed by atoms with E-state index < -0.39 is 31.4 Å². The molecule has 1 rings (SSSR count). The van der Waals surface area contributed by atoms with Gasteiger partial charge >= 0.3 is 13.3 Å². The molecule has 0 aromatic heterocycles. The van der Waals surface area contributed by atoms with E-state index in [2.05, 4.69) is 0 Å². The summed E-state index contributed by atoms with van der Waals surface area (Å²) >= 11 is 0. The molecule has 1 aromatic carbocycles. The maximum atomic E-state index is 12.7. The molecule has 0 aliphatic carbocycles. The summed E-state index contributed by atoms with van der Waals surface area (Å²) in [6.45, 7) is 0.0344. The number of hydrogen-bond donors (Lipinski definition) is 0. The highest BCUT2D eigenvalue weighted by Crippen LogP contribution is 2.28. The van der Waals surface area contributed by atoms with Gasteiger partial charge in [-0.15, -0.1) is 0 Å². The van der Waals surface area contributed by atoms with Gasteiger partial charge in [-0.2, -0.15) is 13.2 Å². The van der Waals surface area contributed by atoms with Crippen LogP contribution < -0.4 is 5.46 Å². The zero-order valence-corrected chi connectivity index (χ0v) is 14.5. The molecule has 0 saturated heterocycles. The second-order valence-electron chi connectivity index (χ2n) is 4.92. The van der Waals surface area contributed by atoms with Crippen molar-refractivity contribution < 1.29 is 41.4 Å². The fraction of sp³-hybridized carbons (Fsp3) is 0.600. The summed E-state index contributed by atoms with van der Waals surface area (Å²) in [7, 11) is 4.83. The van der Waals surface area contributed by atoms with E-state index >= 15 is 0 Å². The third kappa shape index (κ3) is 7.31. The molecule has 0 saturated carbocycles. The Balaban J connectivity index is 2.84. The number of alkyl halides is 3. The molecule has 1 aromatic rings. The van der Waals surface area contributed by atoms with Gasteiger partial charge in [0, 0.05) is 28.4 Å². The molecule has 0 unspecified atom stereocenters. The molecule has 0 amide bonds. The molecule has 142 valence electrons. The Morgan fingerprint density at radius 2 is 1.20 bits per heavy atom. The highest BCUT2D eigenvalue weighted by molar-refractivity contribution is 6.61. The molecule has 0 atom stereocenters. The summed E-state index contributed by atoms with van der Waals surface area (Å²) in [5.41, 5.74) is -0.349. The Labute approximate surface area is 145 Å². The minimum absolute atomic E-state index is 0.0172. The summed E-state index contributed by atoms with van der Waals surface area (Å²) in [6.07, 6.45) is -5.69. The van der Waals surface area contributed by atoms with E-state index in [0.29, 0.717) is 5.46 Å². The third-order valence-electron chi connectivity index (χ3n) is 3.33. The quantitative estimate of drug-likeness (QED) is 0.439. The summed E-state index contributed by atoms with van der Waals surface area (Å²) < 4.78 is 69.3. The van der Waals surface area contributed by atoms with E-state index in [1.807, 2.05) is 0 Å². The van der Waals surface area contributed by atoms with Crippen LogP contribution in [0, 0.1) is 0 Å². The first kappa shape index (κ1) is 21.9. The molecule has 0 aliphatic rings. The van der Waals surface area contributed by atoms with Crippen molar-refractivity contribution in [2.24, 2.45) is 0 Å². The molecule has 0 N–H and O–H groups in total. The van der Waals surface area contributed by atoms with Crippen molar-refractivity contribution in [2.75, 3.05) is 41.7 Å². The summed E-state index contributed by atoms with van der Waals surface area (Å²) in [5.74, 6) is 0. The molecule has 0 fully saturated rings. The summed E-state index contributed by atoms with van der Waals surface area (Å²) in [4.78, 5) is 0. The Bertz CT molecular complexity index is 461. The van der Waals surface area contributed by atoms with Crippen LogP contribution in [0.5, 0.6) is 0 Å². The van der Waals surface area contributed by atoms with Crippen molar-refractivity contribution in [3.63, 3.8) is 0 Å². The van der Waals surface area contributed by atoms with Gasteiger partial charge in [-0.25, -0.2) is 0 Å². The van der Waals surface area contributed by atoms with Gasteiger partial charge in [-0.1, -0.05) is 24.3 Å². The number of benzene rings is 1. The van der Waals surface area contributed by atoms with Crippen LogP contribution in [0.2, 0.25) is 0 Å². The van der Waals surface area contributed by atoms with Crippen molar-refractivity contribution in [2.45, 2.75) is 18.8 Å². The first-order valence-electron chi connectivity index (χ1n) is 7.37. The average Bonchev–Trinajstić information content (AvgIpc) is 2.60. The molecule has 0 aliphatic heterocycles. The normalized spacial score (nSPS) is 12.2. The largest absolute Gasteiger partial charge is 0.494 e. The number of methoxy groups -OCH3 is 4. The first-order valence-corrected chi connectivity index (χ1v) is 7.37. The van der Waals surface area contributed by atoms with E-state index in [1.165, 1.54) is 40.6 Å². The van der Waals surface area contributed by atoms with Gasteiger partial charge in [0.25, 0.3) is 0 Å². The number of halogens is 3. The van der Waals surface area contributed by atoms with Crippen LogP contribution in [0.3, 0.4) is 0 Å². The molecule has 25 heavy (non-hydrogen) atoms. The van der Waals surface area contributed by atoms with Gasteiger partial charge in [-0.05, 0) is 5.46 Å².